The number of anilines is 2. The molecule has 138 valence electrons. The molecule has 0 saturated carbocycles. The molecule has 2 heterocycles. The number of para-hydroxylation sites is 1. The molecule has 0 spiro atoms. The van der Waals surface area contributed by atoms with Crippen LogP contribution in [0.25, 0.3) is 0 Å². The number of benzene rings is 1. The van der Waals surface area contributed by atoms with Crippen molar-refractivity contribution in [3.63, 3.8) is 0 Å². The number of aryl methyl sites for hydroxylation is 2. The number of hydrogen-bond donors (Lipinski definition) is 1. The molecule has 1 fully saturated rings. The Morgan fingerprint density at radius 1 is 1.08 bits per heavy atom. The van der Waals surface area contributed by atoms with Crippen molar-refractivity contribution in [2.24, 2.45) is 0 Å². The molecule has 6 nitrogen and oxygen atoms in total. The van der Waals surface area contributed by atoms with Crippen molar-refractivity contribution < 1.29 is 4.79 Å². The summed E-state index contributed by atoms with van der Waals surface area (Å²) in [7, 11) is 0. The van der Waals surface area contributed by atoms with Gasteiger partial charge in [-0.25, -0.2) is 0 Å². The maximum absolute atomic E-state index is 12.6. The third kappa shape index (κ3) is 4.02. The van der Waals surface area contributed by atoms with Crippen LogP contribution in [-0.4, -0.2) is 53.7 Å². The third-order valence-corrected chi connectivity index (χ3v) is 5.01. The Morgan fingerprint density at radius 3 is 2.46 bits per heavy atom. The minimum absolute atomic E-state index is 0.219. The number of aromatic nitrogens is 2. The van der Waals surface area contributed by atoms with E-state index in [0.29, 0.717) is 5.69 Å². The molecule has 0 bridgehead atoms. The summed E-state index contributed by atoms with van der Waals surface area (Å²) in [5.74, 6) is 0.617. The van der Waals surface area contributed by atoms with Gasteiger partial charge in [0.05, 0.1) is 0 Å². The normalized spacial score (nSPS) is 15.1. The molecule has 2 aromatic rings. The van der Waals surface area contributed by atoms with Crippen molar-refractivity contribution >= 4 is 17.4 Å². The Balaban J connectivity index is 1.68. The van der Waals surface area contributed by atoms with Gasteiger partial charge in [0.15, 0.2) is 11.5 Å². The van der Waals surface area contributed by atoms with E-state index < -0.39 is 0 Å². The second-order valence-corrected chi connectivity index (χ2v) is 6.61. The number of likely N-dealkylation sites (N-methyl/N-ethyl adjacent to an activating group) is 1. The van der Waals surface area contributed by atoms with Crippen LogP contribution < -0.4 is 10.2 Å². The number of rotatable bonds is 5. The highest BCUT2D eigenvalue weighted by Crippen LogP contribution is 2.22. The summed E-state index contributed by atoms with van der Waals surface area (Å²) in [5, 5.41) is 11.4. The lowest BCUT2D eigenvalue weighted by molar-refractivity contribution is 0.102. The molecule has 1 amide bonds. The fraction of sp³-hybridized carbons (Fsp3) is 0.450. The van der Waals surface area contributed by atoms with Gasteiger partial charge in [-0.3, -0.25) is 4.79 Å². The number of hydrogen-bond acceptors (Lipinski definition) is 5. The molecule has 0 radical (unpaired) electrons. The zero-order chi connectivity index (χ0) is 18.5. The van der Waals surface area contributed by atoms with Gasteiger partial charge in [-0.05, 0) is 43.1 Å². The average Bonchev–Trinajstić information content (AvgIpc) is 2.69. The molecule has 1 aromatic heterocycles. The first-order chi connectivity index (χ1) is 12.6. The first-order valence-electron chi connectivity index (χ1n) is 9.33. The number of amides is 1. The number of carbonyl (C=O) groups excluding carboxylic acids is 1. The fourth-order valence-electron chi connectivity index (χ4n) is 3.29. The lowest BCUT2D eigenvalue weighted by Gasteiger charge is -2.34. The lowest BCUT2D eigenvalue weighted by atomic mass is 10.1. The third-order valence-electron chi connectivity index (χ3n) is 5.01. The van der Waals surface area contributed by atoms with Crippen molar-refractivity contribution in [1.82, 2.24) is 15.1 Å². The summed E-state index contributed by atoms with van der Waals surface area (Å²) in [6.07, 6.45) is 0.867. The maximum atomic E-state index is 12.6. The van der Waals surface area contributed by atoms with E-state index in [4.69, 9.17) is 0 Å². The largest absolute Gasteiger partial charge is 0.353 e. The Kier molecular flexibility index (Phi) is 5.83. The van der Waals surface area contributed by atoms with Crippen LogP contribution in [0.5, 0.6) is 0 Å². The highest BCUT2D eigenvalue weighted by Gasteiger charge is 2.18. The maximum Gasteiger partial charge on any atom is 0.276 e. The zero-order valence-corrected chi connectivity index (χ0v) is 15.8. The van der Waals surface area contributed by atoms with Gasteiger partial charge in [-0.1, -0.05) is 32.0 Å². The molecule has 0 aliphatic carbocycles. The summed E-state index contributed by atoms with van der Waals surface area (Å²) >= 11 is 0. The molecule has 1 N–H and O–H groups in total. The highest BCUT2D eigenvalue weighted by molar-refractivity contribution is 6.03. The number of carbonyl (C=O) groups is 1. The second-order valence-electron chi connectivity index (χ2n) is 6.61. The van der Waals surface area contributed by atoms with E-state index in [1.807, 2.05) is 31.2 Å². The van der Waals surface area contributed by atoms with Crippen molar-refractivity contribution in [2.75, 3.05) is 42.9 Å². The van der Waals surface area contributed by atoms with Crippen LogP contribution in [0.2, 0.25) is 0 Å². The first-order valence-corrected chi connectivity index (χ1v) is 9.33. The molecule has 1 aliphatic heterocycles. The average molecular weight is 353 g/mol. The SMILES string of the molecule is CCc1cccc(C)c1NC(=O)c1ccc(N2CCN(CC)CC2)nn1. The lowest BCUT2D eigenvalue weighted by Crippen LogP contribution is -2.46. The van der Waals surface area contributed by atoms with Gasteiger partial charge >= 0.3 is 0 Å². The van der Waals surface area contributed by atoms with Gasteiger partial charge in [0.1, 0.15) is 0 Å². The van der Waals surface area contributed by atoms with Crippen molar-refractivity contribution in [3.05, 3.63) is 47.2 Å². The molecule has 1 aromatic carbocycles. The van der Waals surface area contributed by atoms with Crippen molar-refractivity contribution in [3.8, 4) is 0 Å². The summed E-state index contributed by atoms with van der Waals surface area (Å²) < 4.78 is 0. The molecule has 0 atom stereocenters. The number of nitrogens with zero attached hydrogens (tertiary/aromatic N) is 4. The van der Waals surface area contributed by atoms with Crippen molar-refractivity contribution in [1.29, 1.82) is 0 Å². The van der Waals surface area contributed by atoms with Crippen LogP contribution in [0, 0.1) is 6.92 Å². The number of nitrogens with one attached hydrogen (secondary N) is 1. The summed E-state index contributed by atoms with van der Waals surface area (Å²) in [6.45, 7) is 11.3. The summed E-state index contributed by atoms with van der Waals surface area (Å²) in [4.78, 5) is 17.2. The molecule has 3 rings (SSSR count). The van der Waals surface area contributed by atoms with Crippen molar-refractivity contribution in [2.45, 2.75) is 27.2 Å². The summed E-state index contributed by atoms with van der Waals surface area (Å²) in [5.41, 5.74) is 3.39. The van der Waals surface area contributed by atoms with Gasteiger partial charge in [0.25, 0.3) is 5.91 Å². The Bertz CT molecular complexity index is 751. The van der Waals surface area contributed by atoms with Gasteiger partial charge in [0, 0.05) is 31.9 Å². The molecule has 26 heavy (non-hydrogen) atoms. The van der Waals surface area contributed by atoms with Gasteiger partial charge < -0.3 is 15.1 Å². The standard InChI is InChI=1S/C20H27N5O/c1-4-16-8-6-7-15(3)19(16)21-20(26)17-9-10-18(23-22-17)25-13-11-24(5-2)12-14-25/h6-10H,4-5,11-14H2,1-3H3,(H,21,26). The van der Waals surface area contributed by atoms with E-state index in [0.717, 1.165) is 61.8 Å². The molecule has 0 unspecified atom stereocenters. The van der Waals surface area contributed by atoms with E-state index >= 15 is 0 Å². The van der Waals surface area contributed by atoms with Crippen LogP contribution >= 0.6 is 0 Å². The summed E-state index contributed by atoms with van der Waals surface area (Å²) in [6, 6.07) is 9.69. The second kappa shape index (κ2) is 8.27. The van der Waals surface area contributed by atoms with E-state index in [2.05, 4.69) is 39.2 Å². The Hall–Kier alpha value is -2.47. The van der Waals surface area contributed by atoms with E-state index in [-0.39, 0.29) is 5.91 Å². The van der Waals surface area contributed by atoms with Crippen LogP contribution in [0.1, 0.15) is 35.5 Å². The Labute approximate surface area is 155 Å². The molecular formula is C20H27N5O. The minimum Gasteiger partial charge on any atom is -0.353 e. The fourth-order valence-corrected chi connectivity index (χ4v) is 3.29. The van der Waals surface area contributed by atoms with E-state index in [1.54, 1.807) is 6.07 Å². The zero-order valence-electron chi connectivity index (χ0n) is 15.8. The number of piperazine rings is 1. The highest BCUT2D eigenvalue weighted by atomic mass is 16.1. The van der Waals surface area contributed by atoms with Crippen LogP contribution in [0.4, 0.5) is 11.5 Å². The molecule has 6 heteroatoms. The first kappa shape index (κ1) is 18.3. The molecule has 1 saturated heterocycles. The van der Waals surface area contributed by atoms with Crippen LogP contribution in [-0.2, 0) is 6.42 Å². The van der Waals surface area contributed by atoms with Crippen LogP contribution in [0.3, 0.4) is 0 Å². The van der Waals surface area contributed by atoms with Gasteiger partial charge in [-0.15, -0.1) is 10.2 Å². The van der Waals surface area contributed by atoms with Gasteiger partial charge in [-0.2, -0.15) is 0 Å². The molecular weight excluding hydrogens is 326 g/mol. The topological polar surface area (TPSA) is 61.4 Å². The quantitative estimate of drug-likeness (QED) is 0.896. The van der Waals surface area contributed by atoms with Gasteiger partial charge in [0.2, 0.25) is 0 Å². The van der Waals surface area contributed by atoms with E-state index in [1.165, 1.54) is 0 Å². The predicted molar refractivity (Wildman–Crippen MR) is 105 cm³/mol. The monoisotopic (exact) mass is 353 g/mol. The van der Waals surface area contributed by atoms with Crippen LogP contribution in [0.15, 0.2) is 30.3 Å². The van der Waals surface area contributed by atoms with E-state index in [9.17, 15) is 4.79 Å². The smallest absolute Gasteiger partial charge is 0.276 e. The minimum atomic E-state index is -0.219. The Morgan fingerprint density at radius 2 is 1.85 bits per heavy atom. The predicted octanol–water partition coefficient (Wildman–Crippen LogP) is 2.74. The molecule has 1 aliphatic rings.